The molecule has 0 saturated heterocycles. The molecule has 132 valence electrons. The summed E-state index contributed by atoms with van der Waals surface area (Å²) in [6.07, 6.45) is 1.71. The minimum Gasteiger partial charge on any atom is -0.508 e. The average Bonchev–Trinajstić information content (AvgIpc) is 3.36. The first-order valence-corrected chi connectivity index (χ1v) is 9.43. The molecule has 3 N–H and O–H groups in total. The Kier molecular flexibility index (Phi) is 3.76. The van der Waals surface area contributed by atoms with Crippen molar-refractivity contribution in [2.45, 2.75) is 6.04 Å². The smallest absolute Gasteiger partial charge is 0.184 e. The number of rotatable bonds is 4. The third-order valence-corrected chi connectivity index (χ3v) is 5.60. The van der Waals surface area contributed by atoms with Gasteiger partial charge in [0.1, 0.15) is 5.75 Å². The number of fused-ring (bicyclic) bond motifs is 2. The molecule has 0 aliphatic carbocycles. The summed E-state index contributed by atoms with van der Waals surface area (Å²) in [6.45, 7) is 0. The van der Waals surface area contributed by atoms with E-state index >= 15 is 0 Å². The van der Waals surface area contributed by atoms with Crippen LogP contribution in [0.1, 0.15) is 17.3 Å². The van der Waals surface area contributed by atoms with E-state index in [1.54, 1.807) is 23.6 Å². The molecule has 0 radical (unpaired) electrons. The van der Waals surface area contributed by atoms with Crippen LogP contribution in [0.5, 0.6) is 5.75 Å². The molecule has 0 bridgehead atoms. The minimum absolute atomic E-state index is 0.238. The highest BCUT2D eigenvalue weighted by molar-refractivity contribution is 7.22. The van der Waals surface area contributed by atoms with Gasteiger partial charge in [-0.1, -0.05) is 53.8 Å². The second-order valence-electron chi connectivity index (χ2n) is 6.30. The lowest BCUT2D eigenvalue weighted by Crippen LogP contribution is -2.13. The van der Waals surface area contributed by atoms with Crippen LogP contribution in [0.15, 0.2) is 72.9 Å². The molecular weight excluding hydrogens is 356 g/mol. The summed E-state index contributed by atoms with van der Waals surface area (Å²) in [5, 5.41) is 24.2. The average molecular weight is 372 g/mol. The highest BCUT2D eigenvalue weighted by Crippen LogP contribution is 2.38. The summed E-state index contributed by atoms with van der Waals surface area (Å²) in [5.41, 5.74) is 2.62. The van der Waals surface area contributed by atoms with Crippen molar-refractivity contribution in [3.8, 4) is 5.75 Å². The van der Waals surface area contributed by atoms with Crippen LogP contribution in [-0.4, -0.2) is 20.3 Å². The SMILES string of the molecule is Oc1ccc2ccccc2c1C(Nc1nc2ccccc2s1)c1ccn[nH]1. The van der Waals surface area contributed by atoms with Gasteiger partial charge in [0, 0.05) is 11.8 Å². The van der Waals surface area contributed by atoms with E-state index in [0.717, 1.165) is 37.4 Å². The van der Waals surface area contributed by atoms with Crippen LogP contribution in [0.2, 0.25) is 0 Å². The predicted molar refractivity (Wildman–Crippen MR) is 109 cm³/mol. The summed E-state index contributed by atoms with van der Waals surface area (Å²) in [6, 6.07) is 21.3. The summed E-state index contributed by atoms with van der Waals surface area (Å²) >= 11 is 1.59. The molecule has 0 fully saturated rings. The summed E-state index contributed by atoms with van der Waals surface area (Å²) in [7, 11) is 0. The van der Waals surface area contributed by atoms with Gasteiger partial charge in [-0.2, -0.15) is 5.10 Å². The maximum atomic E-state index is 10.7. The van der Waals surface area contributed by atoms with Crippen molar-refractivity contribution in [3.63, 3.8) is 0 Å². The molecule has 1 unspecified atom stereocenters. The molecular formula is C21H16N4OS. The maximum Gasteiger partial charge on any atom is 0.184 e. The normalized spacial score (nSPS) is 12.4. The first kappa shape index (κ1) is 15.8. The number of phenols is 1. The molecule has 0 aliphatic heterocycles. The molecule has 5 aromatic rings. The Morgan fingerprint density at radius 3 is 2.67 bits per heavy atom. The predicted octanol–water partition coefficient (Wildman–Crippen LogP) is 5.08. The molecule has 0 saturated carbocycles. The molecule has 0 aliphatic rings. The van der Waals surface area contributed by atoms with Crippen molar-refractivity contribution in [2.24, 2.45) is 0 Å². The molecule has 2 aromatic heterocycles. The number of nitrogens with zero attached hydrogens (tertiary/aromatic N) is 2. The molecule has 0 amide bonds. The van der Waals surface area contributed by atoms with Gasteiger partial charge in [-0.15, -0.1) is 0 Å². The quantitative estimate of drug-likeness (QED) is 0.411. The fourth-order valence-corrected chi connectivity index (χ4v) is 4.27. The first-order chi connectivity index (χ1) is 13.3. The van der Waals surface area contributed by atoms with Gasteiger partial charge in [0.15, 0.2) is 5.13 Å². The lowest BCUT2D eigenvalue weighted by molar-refractivity contribution is 0.467. The van der Waals surface area contributed by atoms with Crippen molar-refractivity contribution in [2.75, 3.05) is 5.32 Å². The fourth-order valence-electron chi connectivity index (χ4n) is 3.38. The van der Waals surface area contributed by atoms with Gasteiger partial charge in [0.2, 0.25) is 0 Å². The van der Waals surface area contributed by atoms with E-state index in [1.807, 2.05) is 54.6 Å². The van der Waals surface area contributed by atoms with E-state index in [4.69, 9.17) is 0 Å². The van der Waals surface area contributed by atoms with E-state index in [-0.39, 0.29) is 11.8 Å². The van der Waals surface area contributed by atoms with Crippen LogP contribution in [0, 0.1) is 0 Å². The number of para-hydroxylation sites is 1. The van der Waals surface area contributed by atoms with Crippen LogP contribution in [-0.2, 0) is 0 Å². The molecule has 2 heterocycles. The molecule has 3 aromatic carbocycles. The zero-order chi connectivity index (χ0) is 18.2. The Balaban J connectivity index is 1.67. The summed E-state index contributed by atoms with van der Waals surface area (Å²) < 4.78 is 1.12. The molecule has 5 rings (SSSR count). The number of aromatic nitrogens is 3. The number of phenolic OH excluding ortho intramolecular Hbond substituents is 1. The summed E-state index contributed by atoms with van der Waals surface area (Å²) in [5.74, 6) is 0.238. The zero-order valence-electron chi connectivity index (χ0n) is 14.3. The van der Waals surface area contributed by atoms with Crippen LogP contribution < -0.4 is 5.32 Å². The number of H-pyrrole nitrogens is 1. The van der Waals surface area contributed by atoms with Gasteiger partial charge in [-0.3, -0.25) is 5.10 Å². The summed E-state index contributed by atoms with van der Waals surface area (Å²) in [4.78, 5) is 4.69. The van der Waals surface area contributed by atoms with E-state index in [9.17, 15) is 5.11 Å². The Morgan fingerprint density at radius 1 is 0.963 bits per heavy atom. The number of hydrogen-bond acceptors (Lipinski definition) is 5. The number of thiazole rings is 1. The van der Waals surface area contributed by atoms with Gasteiger partial charge < -0.3 is 10.4 Å². The van der Waals surface area contributed by atoms with Crippen molar-refractivity contribution in [3.05, 3.63) is 84.2 Å². The van der Waals surface area contributed by atoms with Crippen LogP contribution in [0.4, 0.5) is 5.13 Å². The molecule has 5 nitrogen and oxygen atoms in total. The number of benzene rings is 3. The molecule has 6 heteroatoms. The first-order valence-electron chi connectivity index (χ1n) is 8.61. The van der Waals surface area contributed by atoms with E-state index in [2.05, 4.69) is 26.6 Å². The number of anilines is 1. The Bertz CT molecular complexity index is 1200. The molecule has 0 spiro atoms. The van der Waals surface area contributed by atoms with Crippen LogP contribution in [0.25, 0.3) is 21.0 Å². The highest BCUT2D eigenvalue weighted by atomic mass is 32.1. The van der Waals surface area contributed by atoms with E-state index in [1.165, 1.54) is 0 Å². The standard InChI is InChI=1S/C21H16N4OS/c26-17-10-9-13-5-1-2-6-14(13)19(17)20(16-11-12-22-25-16)24-21-23-15-7-3-4-8-18(15)27-21/h1-12,20,26H,(H,22,25)(H,23,24). The number of aromatic amines is 1. The minimum atomic E-state index is -0.306. The number of aromatic hydroxyl groups is 1. The lowest BCUT2D eigenvalue weighted by atomic mass is 9.96. The van der Waals surface area contributed by atoms with Crippen LogP contribution in [0.3, 0.4) is 0 Å². The van der Waals surface area contributed by atoms with Gasteiger partial charge in [0.25, 0.3) is 0 Å². The second kappa shape index (κ2) is 6.41. The van der Waals surface area contributed by atoms with Crippen molar-refractivity contribution in [1.82, 2.24) is 15.2 Å². The van der Waals surface area contributed by atoms with Crippen LogP contribution >= 0.6 is 11.3 Å². The van der Waals surface area contributed by atoms with Crippen molar-refractivity contribution >= 4 is 37.5 Å². The lowest BCUT2D eigenvalue weighted by Gasteiger charge is -2.20. The number of nitrogens with one attached hydrogen (secondary N) is 2. The molecule has 1 atom stereocenters. The van der Waals surface area contributed by atoms with E-state index in [0.29, 0.717) is 0 Å². The maximum absolute atomic E-state index is 10.7. The monoisotopic (exact) mass is 372 g/mol. The number of hydrogen-bond donors (Lipinski definition) is 3. The van der Waals surface area contributed by atoms with Crippen molar-refractivity contribution < 1.29 is 5.11 Å². The fraction of sp³-hybridized carbons (Fsp3) is 0.0476. The zero-order valence-corrected chi connectivity index (χ0v) is 15.1. The Morgan fingerprint density at radius 2 is 1.81 bits per heavy atom. The highest BCUT2D eigenvalue weighted by Gasteiger charge is 2.23. The largest absolute Gasteiger partial charge is 0.508 e. The van der Waals surface area contributed by atoms with Crippen molar-refractivity contribution in [1.29, 1.82) is 0 Å². The topological polar surface area (TPSA) is 73.8 Å². The van der Waals surface area contributed by atoms with Gasteiger partial charge >= 0.3 is 0 Å². The molecule has 27 heavy (non-hydrogen) atoms. The van der Waals surface area contributed by atoms with Gasteiger partial charge in [-0.05, 0) is 35.0 Å². The van der Waals surface area contributed by atoms with Gasteiger partial charge in [0.05, 0.1) is 22.0 Å². The van der Waals surface area contributed by atoms with E-state index < -0.39 is 0 Å². The Labute approximate surface area is 159 Å². The Hall–Kier alpha value is -3.38. The van der Waals surface area contributed by atoms with Gasteiger partial charge in [-0.25, -0.2) is 4.98 Å². The second-order valence-corrected chi connectivity index (χ2v) is 7.33. The third-order valence-electron chi connectivity index (χ3n) is 4.63. The third kappa shape index (κ3) is 2.80.